The van der Waals surface area contributed by atoms with E-state index >= 15 is 0 Å². The van der Waals surface area contributed by atoms with Gasteiger partial charge in [-0.2, -0.15) is 0 Å². The molecular formula is C19H23N5O. The molecule has 0 unspecified atom stereocenters. The molecule has 2 aliphatic rings. The first-order valence-electron chi connectivity index (χ1n) is 9.00. The summed E-state index contributed by atoms with van der Waals surface area (Å²) >= 11 is 0. The lowest BCUT2D eigenvalue weighted by Crippen LogP contribution is -2.34. The summed E-state index contributed by atoms with van der Waals surface area (Å²) in [6.45, 7) is 2.91. The Labute approximate surface area is 147 Å². The molecule has 2 aromatic heterocycles. The second-order valence-electron chi connectivity index (χ2n) is 6.66. The van der Waals surface area contributed by atoms with Crippen LogP contribution < -0.4 is 10.2 Å². The number of hydrogen-bond donors (Lipinski definition) is 1. The van der Waals surface area contributed by atoms with E-state index in [0.29, 0.717) is 0 Å². The molecule has 0 spiro atoms. The van der Waals surface area contributed by atoms with Crippen molar-refractivity contribution in [2.24, 2.45) is 0 Å². The highest BCUT2D eigenvalue weighted by Crippen LogP contribution is 2.32. The molecule has 0 aliphatic carbocycles. The molecule has 1 atom stereocenters. The highest BCUT2D eigenvalue weighted by atomic mass is 16.2. The Morgan fingerprint density at radius 1 is 1.04 bits per heavy atom. The van der Waals surface area contributed by atoms with Crippen LogP contribution >= 0.6 is 0 Å². The number of carbonyl (C=O) groups is 1. The third-order valence-corrected chi connectivity index (χ3v) is 5.03. The Balaban J connectivity index is 1.42. The Kier molecular flexibility index (Phi) is 4.50. The predicted octanol–water partition coefficient (Wildman–Crippen LogP) is 3.45. The van der Waals surface area contributed by atoms with Crippen LogP contribution in [0, 0.1) is 0 Å². The smallest absolute Gasteiger partial charge is 0.322 e. The van der Waals surface area contributed by atoms with Gasteiger partial charge in [0.25, 0.3) is 0 Å². The molecule has 0 radical (unpaired) electrons. The summed E-state index contributed by atoms with van der Waals surface area (Å²) in [4.78, 5) is 25.5. The fourth-order valence-electron chi connectivity index (χ4n) is 3.73. The summed E-state index contributed by atoms with van der Waals surface area (Å²) in [5.74, 6) is 0.992. The van der Waals surface area contributed by atoms with Crippen molar-refractivity contribution >= 4 is 17.5 Å². The Morgan fingerprint density at radius 2 is 1.84 bits per heavy atom. The van der Waals surface area contributed by atoms with Gasteiger partial charge in [0, 0.05) is 32.0 Å². The number of anilines is 2. The van der Waals surface area contributed by atoms with Crippen LogP contribution in [0.1, 0.15) is 37.3 Å². The number of rotatable bonds is 3. The maximum Gasteiger partial charge on any atom is 0.322 e. The van der Waals surface area contributed by atoms with Crippen molar-refractivity contribution in [2.75, 3.05) is 29.9 Å². The first-order chi connectivity index (χ1) is 12.3. The van der Waals surface area contributed by atoms with Crippen molar-refractivity contribution < 1.29 is 4.79 Å². The molecule has 2 saturated heterocycles. The van der Waals surface area contributed by atoms with Gasteiger partial charge in [0.05, 0.1) is 17.9 Å². The number of nitrogens with one attached hydrogen (secondary N) is 1. The predicted molar refractivity (Wildman–Crippen MR) is 97.6 cm³/mol. The van der Waals surface area contributed by atoms with E-state index < -0.39 is 0 Å². The van der Waals surface area contributed by atoms with Gasteiger partial charge >= 0.3 is 6.03 Å². The van der Waals surface area contributed by atoms with Gasteiger partial charge in [-0.3, -0.25) is 4.98 Å². The molecule has 4 heterocycles. The van der Waals surface area contributed by atoms with Crippen molar-refractivity contribution in [1.82, 2.24) is 14.9 Å². The van der Waals surface area contributed by atoms with Gasteiger partial charge in [-0.05, 0) is 55.5 Å². The number of carbonyl (C=O) groups excluding carboxylic acids is 1. The topological polar surface area (TPSA) is 61.4 Å². The molecule has 25 heavy (non-hydrogen) atoms. The maximum absolute atomic E-state index is 12.7. The van der Waals surface area contributed by atoms with Gasteiger partial charge < -0.3 is 15.1 Å². The summed E-state index contributed by atoms with van der Waals surface area (Å²) in [7, 11) is 0. The Bertz CT molecular complexity index is 712. The van der Waals surface area contributed by atoms with Crippen LogP contribution in [0.25, 0.3) is 0 Å². The van der Waals surface area contributed by atoms with Gasteiger partial charge in [-0.25, -0.2) is 9.78 Å². The second kappa shape index (κ2) is 7.09. The minimum atomic E-state index is -0.0602. The molecular weight excluding hydrogens is 314 g/mol. The zero-order valence-electron chi connectivity index (χ0n) is 14.3. The van der Waals surface area contributed by atoms with Crippen molar-refractivity contribution in [3.05, 3.63) is 48.4 Å². The normalized spacial score (nSPS) is 20.1. The number of urea groups is 1. The third-order valence-electron chi connectivity index (χ3n) is 5.03. The minimum Gasteiger partial charge on any atom is -0.357 e. The van der Waals surface area contributed by atoms with E-state index in [2.05, 4.69) is 20.2 Å². The largest absolute Gasteiger partial charge is 0.357 e. The van der Waals surface area contributed by atoms with Crippen LogP contribution in [0.2, 0.25) is 0 Å². The monoisotopic (exact) mass is 337 g/mol. The van der Waals surface area contributed by atoms with Crippen molar-refractivity contribution in [1.29, 1.82) is 0 Å². The Hall–Kier alpha value is -2.63. The summed E-state index contributed by atoms with van der Waals surface area (Å²) < 4.78 is 0. The molecule has 2 fully saturated rings. The quantitative estimate of drug-likeness (QED) is 0.932. The van der Waals surface area contributed by atoms with Crippen molar-refractivity contribution in [3.63, 3.8) is 0 Å². The Morgan fingerprint density at radius 3 is 2.56 bits per heavy atom. The van der Waals surface area contributed by atoms with E-state index in [1.54, 1.807) is 18.6 Å². The van der Waals surface area contributed by atoms with E-state index in [1.807, 2.05) is 29.2 Å². The lowest BCUT2D eigenvalue weighted by atomic mass is 10.1. The zero-order valence-corrected chi connectivity index (χ0v) is 14.3. The second-order valence-corrected chi connectivity index (χ2v) is 6.66. The van der Waals surface area contributed by atoms with E-state index in [0.717, 1.165) is 49.5 Å². The number of nitrogens with zero attached hydrogens (tertiary/aromatic N) is 4. The summed E-state index contributed by atoms with van der Waals surface area (Å²) in [6, 6.07) is 7.97. The number of hydrogen-bond acceptors (Lipinski definition) is 4. The van der Waals surface area contributed by atoms with E-state index in [-0.39, 0.29) is 12.1 Å². The third kappa shape index (κ3) is 3.43. The van der Waals surface area contributed by atoms with Crippen LogP contribution in [0.5, 0.6) is 0 Å². The standard InChI is InChI=1S/C19H23N5O/c25-19(24-13-3-4-17(24)15-7-9-20-10-8-15)22-16-5-6-18(21-14-16)23-11-1-2-12-23/h5-10,14,17H,1-4,11-13H2,(H,22,25)/t17-/m1/s1. The van der Waals surface area contributed by atoms with E-state index in [1.165, 1.54) is 12.8 Å². The maximum atomic E-state index is 12.7. The van der Waals surface area contributed by atoms with Crippen molar-refractivity contribution in [2.45, 2.75) is 31.7 Å². The number of pyridine rings is 2. The first kappa shape index (κ1) is 15.9. The molecule has 6 heteroatoms. The SMILES string of the molecule is O=C(Nc1ccc(N2CCCC2)nc1)N1CCC[C@@H]1c1ccncc1. The average molecular weight is 337 g/mol. The molecule has 2 aliphatic heterocycles. The molecule has 130 valence electrons. The van der Waals surface area contributed by atoms with Gasteiger partial charge in [0.15, 0.2) is 0 Å². The molecule has 1 N–H and O–H groups in total. The van der Waals surface area contributed by atoms with Gasteiger partial charge in [0.2, 0.25) is 0 Å². The van der Waals surface area contributed by atoms with E-state index in [4.69, 9.17) is 0 Å². The molecule has 0 aromatic carbocycles. The van der Waals surface area contributed by atoms with Gasteiger partial charge in [-0.15, -0.1) is 0 Å². The fraction of sp³-hybridized carbons (Fsp3) is 0.421. The summed E-state index contributed by atoms with van der Waals surface area (Å²) in [6.07, 6.45) is 9.78. The summed E-state index contributed by atoms with van der Waals surface area (Å²) in [5.41, 5.74) is 1.89. The van der Waals surface area contributed by atoms with Crippen molar-refractivity contribution in [3.8, 4) is 0 Å². The summed E-state index contributed by atoms with van der Waals surface area (Å²) in [5, 5.41) is 2.99. The molecule has 4 rings (SSSR count). The molecule has 6 nitrogen and oxygen atoms in total. The van der Waals surface area contributed by atoms with Crippen LogP contribution in [0.15, 0.2) is 42.9 Å². The number of aromatic nitrogens is 2. The van der Waals surface area contributed by atoms with Crippen LogP contribution in [0.4, 0.5) is 16.3 Å². The zero-order chi connectivity index (χ0) is 17.1. The lowest BCUT2D eigenvalue weighted by Gasteiger charge is -2.25. The van der Waals surface area contributed by atoms with Crippen LogP contribution in [-0.2, 0) is 0 Å². The van der Waals surface area contributed by atoms with E-state index in [9.17, 15) is 4.79 Å². The number of likely N-dealkylation sites (tertiary alicyclic amines) is 1. The fourth-order valence-corrected chi connectivity index (χ4v) is 3.73. The van der Waals surface area contributed by atoms with Crippen LogP contribution in [0.3, 0.4) is 0 Å². The lowest BCUT2D eigenvalue weighted by molar-refractivity contribution is 0.207. The van der Waals surface area contributed by atoms with Gasteiger partial charge in [-0.1, -0.05) is 0 Å². The molecule has 2 aromatic rings. The minimum absolute atomic E-state index is 0.0602. The number of amides is 2. The highest BCUT2D eigenvalue weighted by molar-refractivity contribution is 5.89. The highest BCUT2D eigenvalue weighted by Gasteiger charge is 2.30. The molecule has 0 bridgehead atoms. The van der Waals surface area contributed by atoms with Crippen LogP contribution in [-0.4, -0.2) is 40.5 Å². The molecule has 0 saturated carbocycles. The molecule has 2 amide bonds. The first-order valence-corrected chi connectivity index (χ1v) is 9.00. The average Bonchev–Trinajstić information content (AvgIpc) is 3.35. The van der Waals surface area contributed by atoms with Gasteiger partial charge in [0.1, 0.15) is 5.82 Å².